The van der Waals surface area contributed by atoms with Crippen molar-refractivity contribution in [3.05, 3.63) is 82.6 Å². The van der Waals surface area contributed by atoms with E-state index >= 15 is 0 Å². The summed E-state index contributed by atoms with van der Waals surface area (Å²) in [7, 11) is 0. The number of carbonyl (C=O) groups is 3. The van der Waals surface area contributed by atoms with E-state index in [1.165, 1.54) is 0 Å². The molecule has 0 saturated carbocycles. The van der Waals surface area contributed by atoms with Gasteiger partial charge >= 0.3 is 0 Å². The number of aryl methyl sites for hydroxylation is 1. The Labute approximate surface area is 233 Å². The maximum Gasteiger partial charge on any atom is 0.255 e. The van der Waals surface area contributed by atoms with Gasteiger partial charge in [-0.25, -0.2) is 0 Å². The van der Waals surface area contributed by atoms with E-state index in [0.717, 1.165) is 17.5 Å². The number of ether oxygens (including phenoxy) is 1. The lowest BCUT2D eigenvalue weighted by molar-refractivity contribution is -0.136. The number of halogens is 1. The fourth-order valence-corrected chi connectivity index (χ4v) is 4.70. The van der Waals surface area contributed by atoms with Gasteiger partial charge in [-0.15, -0.1) is 0 Å². The number of aromatic amines is 1. The molecule has 1 aliphatic heterocycles. The molecule has 3 N–H and O–H groups in total. The second-order valence-corrected chi connectivity index (χ2v) is 10.1. The van der Waals surface area contributed by atoms with Crippen LogP contribution in [0, 0.1) is 0 Å². The summed E-state index contributed by atoms with van der Waals surface area (Å²) in [5, 5.41) is 13.1. The second kappa shape index (κ2) is 14.3. The van der Waals surface area contributed by atoms with Gasteiger partial charge in [-0.2, -0.15) is 5.10 Å². The van der Waals surface area contributed by atoms with Crippen molar-refractivity contribution < 1.29 is 19.1 Å². The predicted molar refractivity (Wildman–Crippen MR) is 149 cm³/mol. The average molecular weight is 552 g/mol. The summed E-state index contributed by atoms with van der Waals surface area (Å²) in [6.45, 7) is 0.960. The SMILES string of the molecule is O=C1CN(C(=O)CCCc2cn[nH]c2)CCCCNC(=O)c2cc(Cl)ccc2OC[C@H](Cc2ccccc2)N1. The summed E-state index contributed by atoms with van der Waals surface area (Å²) >= 11 is 6.17. The Kier molecular flexibility index (Phi) is 10.4. The van der Waals surface area contributed by atoms with E-state index in [4.69, 9.17) is 16.3 Å². The van der Waals surface area contributed by atoms with Crippen LogP contribution in [0.3, 0.4) is 0 Å². The third-order valence-corrected chi connectivity index (χ3v) is 6.79. The number of aromatic nitrogens is 2. The van der Waals surface area contributed by atoms with Crippen molar-refractivity contribution in [3.8, 4) is 5.75 Å². The van der Waals surface area contributed by atoms with Gasteiger partial charge in [0.2, 0.25) is 11.8 Å². The van der Waals surface area contributed by atoms with Crippen LogP contribution >= 0.6 is 11.6 Å². The Morgan fingerprint density at radius 3 is 2.74 bits per heavy atom. The molecule has 3 amide bonds. The highest BCUT2D eigenvalue weighted by molar-refractivity contribution is 6.31. The normalized spacial score (nSPS) is 17.2. The minimum absolute atomic E-state index is 0.0333. The Balaban J connectivity index is 1.48. The highest BCUT2D eigenvalue weighted by Gasteiger charge is 2.22. The van der Waals surface area contributed by atoms with Gasteiger partial charge in [-0.3, -0.25) is 19.5 Å². The van der Waals surface area contributed by atoms with Crippen molar-refractivity contribution in [2.45, 2.75) is 44.6 Å². The van der Waals surface area contributed by atoms with Crippen LogP contribution in [0.1, 0.15) is 47.2 Å². The molecule has 10 heteroatoms. The summed E-state index contributed by atoms with van der Waals surface area (Å²) in [4.78, 5) is 40.8. The van der Waals surface area contributed by atoms with Gasteiger partial charge in [0.15, 0.2) is 0 Å². The number of fused-ring (bicyclic) bond motifs is 1. The summed E-state index contributed by atoms with van der Waals surface area (Å²) in [5.74, 6) is -0.199. The van der Waals surface area contributed by atoms with Crippen molar-refractivity contribution in [3.63, 3.8) is 0 Å². The molecule has 1 aromatic heterocycles. The quantitative estimate of drug-likeness (QED) is 0.433. The zero-order chi connectivity index (χ0) is 27.5. The third kappa shape index (κ3) is 8.85. The molecule has 0 aliphatic carbocycles. The fourth-order valence-electron chi connectivity index (χ4n) is 4.53. The van der Waals surface area contributed by atoms with E-state index in [1.807, 2.05) is 36.5 Å². The largest absolute Gasteiger partial charge is 0.491 e. The molecular formula is C29H34ClN5O4. The summed E-state index contributed by atoms with van der Waals surface area (Å²) < 4.78 is 6.06. The van der Waals surface area contributed by atoms with Crippen LogP contribution in [0.15, 0.2) is 60.9 Å². The maximum absolute atomic E-state index is 13.2. The Morgan fingerprint density at radius 1 is 1.10 bits per heavy atom. The van der Waals surface area contributed by atoms with E-state index in [-0.39, 0.29) is 36.9 Å². The Bertz CT molecular complexity index is 1240. The first-order chi connectivity index (χ1) is 19.0. The molecule has 0 unspecified atom stereocenters. The molecule has 2 heterocycles. The maximum atomic E-state index is 13.2. The number of nitrogens with one attached hydrogen (secondary N) is 3. The minimum Gasteiger partial charge on any atom is -0.491 e. The van der Waals surface area contributed by atoms with E-state index in [0.29, 0.717) is 61.5 Å². The van der Waals surface area contributed by atoms with Gasteiger partial charge < -0.3 is 20.3 Å². The van der Waals surface area contributed by atoms with Crippen LogP contribution in [-0.2, 0) is 22.4 Å². The number of H-pyrrole nitrogens is 1. The number of amides is 3. The van der Waals surface area contributed by atoms with Crippen LogP contribution in [0.25, 0.3) is 0 Å². The van der Waals surface area contributed by atoms with Crippen molar-refractivity contribution in [1.29, 1.82) is 0 Å². The molecule has 1 atom stereocenters. The number of rotatable bonds is 6. The van der Waals surface area contributed by atoms with Gasteiger partial charge in [0.1, 0.15) is 12.4 Å². The second-order valence-electron chi connectivity index (χ2n) is 9.64. The minimum atomic E-state index is -0.380. The number of nitrogens with zero attached hydrogens (tertiary/aromatic N) is 2. The third-order valence-electron chi connectivity index (χ3n) is 6.55. The van der Waals surface area contributed by atoms with E-state index in [2.05, 4.69) is 20.8 Å². The fraction of sp³-hybridized carbons (Fsp3) is 0.379. The van der Waals surface area contributed by atoms with Gasteiger partial charge in [0.25, 0.3) is 5.91 Å². The van der Waals surface area contributed by atoms with Crippen LogP contribution in [0.2, 0.25) is 5.02 Å². The van der Waals surface area contributed by atoms with E-state index in [1.54, 1.807) is 29.3 Å². The zero-order valence-corrected chi connectivity index (χ0v) is 22.6. The van der Waals surface area contributed by atoms with Crippen molar-refractivity contribution in [2.24, 2.45) is 0 Å². The molecule has 206 valence electrons. The van der Waals surface area contributed by atoms with Crippen LogP contribution in [-0.4, -0.2) is 65.1 Å². The first kappa shape index (κ1) is 28.2. The topological polar surface area (TPSA) is 116 Å². The number of hydrogen-bond acceptors (Lipinski definition) is 5. The smallest absolute Gasteiger partial charge is 0.255 e. The highest BCUT2D eigenvalue weighted by Crippen LogP contribution is 2.23. The molecule has 0 fully saturated rings. The first-order valence-corrected chi connectivity index (χ1v) is 13.6. The van der Waals surface area contributed by atoms with Crippen LogP contribution in [0.5, 0.6) is 5.75 Å². The Hall–Kier alpha value is -3.85. The molecule has 3 aromatic rings. The average Bonchev–Trinajstić information content (AvgIpc) is 3.45. The van der Waals surface area contributed by atoms with Gasteiger partial charge in [-0.1, -0.05) is 41.9 Å². The molecule has 9 nitrogen and oxygen atoms in total. The molecule has 4 rings (SSSR count). The molecule has 0 spiro atoms. The molecular weight excluding hydrogens is 518 g/mol. The highest BCUT2D eigenvalue weighted by atomic mass is 35.5. The molecule has 2 aromatic carbocycles. The van der Waals surface area contributed by atoms with Gasteiger partial charge in [0, 0.05) is 30.7 Å². The van der Waals surface area contributed by atoms with Crippen molar-refractivity contribution in [1.82, 2.24) is 25.7 Å². The van der Waals surface area contributed by atoms with Crippen molar-refractivity contribution >= 4 is 29.3 Å². The molecule has 39 heavy (non-hydrogen) atoms. The lowest BCUT2D eigenvalue weighted by Gasteiger charge is -2.25. The monoisotopic (exact) mass is 551 g/mol. The van der Waals surface area contributed by atoms with E-state index < -0.39 is 0 Å². The predicted octanol–water partition coefficient (Wildman–Crippen LogP) is 3.54. The molecule has 0 saturated heterocycles. The van der Waals surface area contributed by atoms with E-state index in [9.17, 15) is 14.4 Å². The first-order valence-electron chi connectivity index (χ1n) is 13.3. The lowest BCUT2D eigenvalue weighted by Crippen LogP contribution is -2.47. The van der Waals surface area contributed by atoms with Crippen LogP contribution < -0.4 is 15.4 Å². The van der Waals surface area contributed by atoms with Gasteiger partial charge in [-0.05, 0) is 61.4 Å². The number of benzene rings is 2. The Morgan fingerprint density at radius 2 is 1.95 bits per heavy atom. The number of carbonyl (C=O) groups excluding carboxylic acids is 3. The van der Waals surface area contributed by atoms with Crippen molar-refractivity contribution in [2.75, 3.05) is 26.2 Å². The zero-order valence-electron chi connectivity index (χ0n) is 21.8. The molecule has 1 aliphatic rings. The van der Waals surface area contributed by atoms with Gasteiger partial charge in [0.05, 0.1) is 24.3 Å². The van der Waals surface area contributed by atoms with Crippen LogP contribution in [0.4, 0.5) is 0 Å². The molecule has 0 radical (unpaired) electrons. The summed E-state index contributed by atoms with van der Waals surface area (Å²) in [6, 6.07) is 14.3. The summed E-state index contributed by atoms with van der Waals surface area (Å²) in [5.41, 5.74) is 2.42. The number of hydrogen-bond donors (Lipinski definition) is 3. The standard InChI is InChI=1S/C29H34ClN5O4/c30-23-11-12-26-25(16-23)29(38)31-13-4-5-14-35(28(37)10-6-9-22-17-32-33-18-22)19-27(36)34-24(20-39-26)15-21-7-2-1-3-8-21/h1-3,7-8,11-12,16-18,24H,4-6,9-10,13-15,19-20H2,(H,31,38)(H,32,33)(H,34,36)/t24-/m0/s1. The lowest BCUT2D eigenvalue weighted by atomic mass is 10.1. The molecule has 0 bridgehead atoms. The summed E-state index contributed by atoms with van der Waals surface area (Å²) in [6.07, 6.45) is 7.12.